The first-order chi connectivity index (χ1) is 6.72. The number of nitrogens with zero attached hydrogens (tertiary/aromatic N) is 1. The number of hydrogen-bond donors (Lipinski definition) is 0. The molecule has 5 heteroatoms. The van der Waals surface area contributed by atoms with Crippen molar-refractivity contribution in [3.05, 3.63) is 28.2 Å². The van der Waals surface area contributed by atoms with Crippen molar-refractivity contribution in [3.63, 3.8) is 0 Å². The van der Waals surface area contributed by atoms with Gasteiger partial charge >= 0.3 is 5.97 Å². The zero-order valence-corrected chi connectivity index (χ0v) is 8.85. The van der Waals surface area contributed by atoms with Crippen LogP contribution >= 0.6 is 22.9 Å². The smallest absolute Gasteiger partial charge is 0.340 e. The average Bonchev–Trinajstić information content (AvgIpc) is 2.59. The van der Waals surface area contributed by atoms with Crippen molar-refractivity contribution >= 4 is 39.1 Å². The SMILES string of the molecule is COC(=O)c1csc2cc(Cl)cnc12. The van der Waals surface area contributed by atoms with Crippen LogP contribution in [0, 0.1) is 0 Å². The molecule has 0 bridgehead atoms. The van der Waals surface area contributed by atoms with Gasteiger partial charge < -0.3 is 4.74 Å². The molecule has 0 saturated carbocycles. The fourth-order valence-electron chi connectivity index (χ4n) is 1.15. The first-order valence-corrected chi connectivity index (χ1v) is 5.09. The van der Waals surface area contributed by atoms with Gasteiger partial charge in [-0.1, -0.05) is 11.6 Å². The first kappa shape index (κ1) is 9.43. The minimum atomic E-state index is -0.369. The third-order valence-electron chi connectivity index (χ3n) is 1.78. The number of esters is 1. The van der Waals surface area contributed by atoms with Crippen LogP contribution in [0.5, 0.6) is 0 Å². The molecule has 72 valence electrons. The van der Waals surface area contributed by atoms with E-state index in [-0.39, 0.29) is 5.97 Å². The van der Waals surface area contributed by atoms with E-state index in [1.54, 1.807) is 11.4 Å². The molecule has 2 aromatic heterocycles. The third-order valence-corrected chi connectivity index (χ3v) is 2.91. The molecule has 0 atom stereocenters. The number of hydrogen-bond acceptors (Lipinski definition) is 4. The molecule has 0 aliphatic rings. The third kappa shape index (κ3) is 1.47. The maximum absolute atomic E-state index is 11.3. The summed E-state index contributed by atoms with van der Waals surface area (Å²) in [7, 11) is 1.35. The molecular formula is C9H6ClNO2S. The van der Waals surface area contributed by atoms with Crippen LogP contribution in [0.25, 0.3) is 10.2 Å². The Hall–Kier alpha value is -1.13. The Morgan fingerprint density at radius 3 is 3.14 bits per heavy atom. The Bertz CT molecular complexity index is 495. The molecule has 0 unspecified atom stereocenters. The second kappa shape index (κ2) is 3.55. The van der Waals surface area contributed by atoms with Crippen molar-refractivity contribution in [1.82, 2.24) is 4.98 Å². The zero-order valence-electron chi connectivity index (χ0n) is 7.28. The van der Waals surface area contributed by atoms with Crippen LogP contribution in [0.2, 0.25) is 5.02 Å². The van der Waals surface area contributed by atoms with Crippen LogP contribution in [0.4, 0.5) is 0 Å². The second-order valence-corrected chi connectivity index (χ2v) is 3.99. The van der Waals surface area contributed by atoms with Crippen molar-refractivity contribution in [2.75, 3.05) is 7.11 Å². The monoisotopic (exact) mass is 227 g/mol. The lowest BCUT2D eigenvalue weighted by molar-refractivity contribution is 0.0603. The lowest BCUT2D eigenvalue weighted by atomic mass is 10.3. The van der Waals surface area contributed by atoms with E-state index >= 15 is 0 Å². The Balaban J connectivity index is 2.64. The van der Waals surface area contributed by atoms with Crippen molar-refractivity contribution in [3.8, 4) is 0 Å². The lowest BCUT2D eigenvalue weighted by Gasteiger charge is -1.95. The molecule has 3 nitrogen and oxygen atoms in total. The maximum Gasteiger partial charge on any atom is 0.340 e. The van der Waals surface area contributed by atoms with E-state index in [0.29, 0.717) is 16.1 Å². The van der Waals surface area contributed by atoms with E-state index in [1.165, 1.54) is 24.6 Å². The van der Waals surface area contributed by atoms with Gasteiger partial charge in [0.2, 0.25) is 0 Å². The Kier molecular flexibility index (Phi) is 2.39. The predicted octanol–water partition coefficient (Wildman–Crippen LogP) is 2.74. The Morgan fingerprint density at radius 1 is 1.64 bits per heavy atom. The highest BCUT2D eigenvalue weighted by molar-refractivity contribution is 7.17. The average molecular weight is 228 g/mol. The molecule has 0 N–H and O–H groups in total. The number of rotatable bonds is 1. The van der Waals surface area contributed by atoms with Crippen molar-refractivity contribution < 1.29 is 9.53 Å². The molecule has 0 aliphatic heterocycles. The van der Waals surface area contributed by atoms with Gasteiger partial charge in [0.25, 0.3) is 0 Å². The second-order valence-electron chi connectivity index (χ2n) is 2.64. The zero-order chi connectivity index (χ0) is 10.1. The van der Waals surface area contributed by atoms with Gasteiger partial charge in [-0.2, -0.15) is 0 Å². The Labute approximate surface area is 89.3 Å². The van der Waals surface area contributed by atoms with Gasteiger partial charge in [0.1, 0.15) is 0 Å². The molecule has 14 heavy (non-hydrogen) atoms. The summed E-state index contributed by atoms with van der Waals surface area (Å²) in [6.45, 7) is 0. The van der Waals surface area contributed by atoms with E-state index in [9.17, 15) is 4.79 Å². The van der Waals surface area contributed by atoms with Gasteiger partial charge in [-0.3, -0.25) is 4.98 Å². The molecule has 2 rings (SSSR count). The molecule has 0 spiro atoms. The number of carbonyl (C=O) groups excluding carboxylic acids is 1. The van der Waals surface area contributed by atoms with Gasteiger partial charge in [-0.15, -0.1) is 11.3 Å². The molecule has 2 heterocycles. The summed E-state index contributed by atoms with van der Waals surface area (Å²) in [5.74, 6) is -0.369. The summed E-state index contributed by atoms with van der Waals surface area (Å²) in [5.41, 5.74) is 1.13. The van der Waals surface area contributed by atoms with Crippen LogP contribution in [0.15, 0.2) is 17.6 Å². The first-order valence-electron chi connectivity index (χ1n) is 3.83. The van der Waals surface area contributed by atoms with Crippen LogP contribution in [-0.2, 0) is 4.74 Å². The summed E-state index contributed by atoms with van der Waals surface area (Å²) in [4.78, 5) is 15.4. The summed E-state index contributed by atoms with van der Waals surface area (Å²) >= 11 is 7.19. The Morgan fingerprint density at radius 2 is 2.43 bits per heavy atom. The summed E-state index contributed by atoms with van der Waals surface area (Å²) in [6, 6.07) is 1.78. The number of pyridine rings is 1. The fraction of sp³-hybridized carbons (Fsp3) is 0.111. The molecule has 0 fully saturated rings. The minimum Gasteiger partial charge on any atom is -0.465 e. The molecule has 0 aromatic carbocycles. The predicted molar refractivity (Wildman–Crippen MR) is 56.0 cm³/mol. The van der Waals surface area contributed by atoms with E-state index in [0.717, 1.165) is 4.70 Å². The number of methoxy groups -OCH3 is 1. The standard InChI is InChI=1S/C9H6ClNO2S/c1-13-9(12)6-4-14-7-2-5(10)3-11-8(6)7/h2-4H,1H3. The van der Waals surface area contributed by atoms with Gasteiger partial charge in [-0.25, -0.2) is 4.79 Å². The number of aromatic nitrogens is 1. The highest BCUT2D eigenvalue weighted by atomic mass is 35.5. The molecular weight excluding hydrogens is 222 g/mol. The van der Waals surface area contributed by atoms with E-state index < -0.39 is 0 Å². The van der Waals surface area contributed by atoms with Crippen molar-refractivity contribution in [1.29, 1.82) is 0 Å². The van der Waals surface area contributed by atoms with Crippen LogP contribution in [0.3, 0.4) is 0 Å². The molecule has 0 aliphatic carbocycles. The molecule has 0 amide bonds. The highest BCUT2D eigenvalue weighted by Gasteiger charge is 2.13. The van der Waals surface area contributed by atoms with E-state index in [1.807, 2.05) is 0 Å². The van der Waals surface area contributed by atoms with Crippen molar-refractivity contribution in [2.24, 2.45) is 0 Å². The molecule has 0 saturated heterocycles. The summed E-state index contributed by atoms with van der Waals surface area (Å²) in [5, 5.41) is 2.29. The molecule has 2 aromatic rings. The van der Waals surface area contributed by atoms with Crippen LogP contribution in [0.1, 0.15) is 10.4 Å². The van der Waals surface area contributed by atoms with Crippen molar-refractivity contribution in [2.45, 2.75) is 0 Å². The number of fused-ring (bicyclic) bond motifs is 1. The summed E-state index contributed by atoms with van der Waals surface area (Å²) in [6.07, 6.45) is 1.52. The largest absolute Gasteiger partial charge is 0.465 e. The lowest BCUT2D eigenvalue weighted by Crippen LogP contribution is -1.99. The highest BCUT2D eigenvalue weighted by Crippen LogP contribution is 2.26. The number of ether oxygens (including phenoxy) is 1. The van der Waals surface area contributed by atoms with Crippen LogP contribution < -0.4 is 0 Å². The number of halogens is 1. The van der Waals surface area contributed by atoms with Gasteiger partial charge in [0.05, 0.1) is 27.9 Å². The van der Waals surface area contributed by atoms with Gasteiger partial charge in [0.15, 0.2) is 0 Å². The quantitative estimate of drug-likeness (QED) is 0.704. The van der Waals surface area contributed by atoms with E-state index in [4.69, 9.17) is 11.6 Å². The van der Waals surface area contributed by atoms with Crippen LogP contribution in [-0.4, -0.2) is 18.1 Å². The number of carbonyl (C=O) groups is 1. The molecule has 0 radical (unpaired) electrons. The fourth-order valence-corrected chi connectivity index (χ4v) is 2.29. The maximum atomic E-state index is 11.3. The van der Waals surface area contributed by atoms with Gasteiger partial charge in [-0.05, 0) is 6.07 Å². The topological polar surface area (TPSA) is 39.2 Å². The minimum absolute atomic E-state index is 0.369. The number of thiophene rings is 1. The van der Waals surface area contributed by atoms with E-state index in [2.05, 4.69) is 9.72 Å². The van der Waals surface area contributed by atoms with Gasteiger partial charge in [0, 0.05) is 11.6 Å². The normalized spacial score (nSPS) is 10.4. The summed E-state index contributed by atoms with van der Waals surface area (Å²) < 4.78 is 5.51.